The van der Waals surface area contributed by atoms with Gasteiger partial charge in [0.15, 0.2) is 0 Å². The average molecular weight is 344 g/mol. The summed E-state index contributed by atoms with van der Waals surface area (Å²) in [6.07, 6.45) is 2.86. The first kappa shape index (κ1) is 17.2. The van der Waals surface area contributed by atoms with E-state index in [-0.39, 0.29) is 30.0 Å². The second-order valence-electron chi connectivity index (χ2n) is 6.22. The van der Waals surface area contributed by atoms with Gasteiger partial charge in [0.25, 0.3) is 0 Å². The highest BCUT2D eigenvalue weighted by atomic mass is 19.1. The first-order chi connectivity index (χ1) is 12.1. The highest BCUT2D eigenvalue weighted by Crippen LogP contribution is 2.19. The number of furan rings is 1. The number of benzene rings is 1. The van der Waals surface area contributed by atoms with Crippen LogP contribution in [0.4, 0.5) is 4.39 Å². The molecule has 0 radical (unpaired) electrons. The summed E-state index contributed by atoms with van der Waals surface area (Å²) in [5.41, 5.74) is 0.408. The minimum absolute atomic E-state index is 0.0161. The first-order valence-corrected chi connectivity index (χ1v) is 8.45. The molecule has 1 fully saturated rings. The van der Waals surface area contributed by atoms with Crippen LogP contribution < -0.4 is 5.32 Å². The van der Waals surface area contributed by atoms with Crippen molar-refractivity contribution < 1.29 is 18.4 Å². The van der Waals surface area contributed by atoms with Crippen molar-refractivity contribution in [2.24, 2.45) is 5.92 Å². The molecule has 3 rings (SSSR count). The number of nitrogens with zero attached hydrogens (tertiary/aromatic N) is 1. The number of halogens is 1. The molecule has 1 aromatic heterocycles. The fraction of sp³-hybridized carbons (Fsp3) is 0.368. The summed E-state index contributed by atoms with van der Waals surface area (Å²) in [6, 6.07) is 9.91. The van der Waals surface area contributed by atoms with E-state index in [0.29, 0.717) is 43.8 Å². The fourth-order valence-corrected chi connectivity index (χ4v) is 3.04. The third-order valence-corrected chi connectivity index (χ3v) is 4.53. The van der Waals surface area contributed by atoms with Gasteiger partial charge in [0.2, 0.25) is 11.8 Å². The van der Waals surface area contributed by atoms with E-state index in [0.717, 1.165) is 0 Å². The van der Waals surface area contributed by atoms with Crippen molar-refractivity contribution in [2.75, 3.05) is 13.1 Å². The molecule has 0 unspecified atom stereocenters. The van der Waals surface area contributed by atoms with E-state index >= 15 is 0 Å². The Morgan fingerprint density at radius 2 is 1.92 bits per heavy atom. The predicted octanol–water partition coefficient (Wildman–Crippen LogP) is 2.52. The van der Waals surface area contributed by atoms with Crippen LogP contribution in [0.25, 0.3) is 0 Å². The second kappa shape index (κ2) is 7.96. The third kappa shape index (κ3) is 4.47. The number of carbonyl (C=O) groups excluding carboxylic acids is 2. The fourth-order valence-electron chi connectivity index (χ4n) is 3.04. The highest BCUT2D eigenvalue weighted by Gasteiger charge is 2.27. The van der Waals surface area contributed by atoms with Gasteiger partial charge >= 0.3 is 0 Å². The van der Waals surface area contributed by atoms with Crippen LogP contribution >= 0.6 is 0 Å². The van der Waals surface area contributed by atoms with Gasteiger partial charge in [-0.25, -0.2) is 4.39 Å². The van der Waals surface area contributed by atoms with Crippen molar-refractivity contribution in [1.29, 1.82) is 0 Å². The van der Waals surface area contributed by atoms with Gasteiger partial charge in [0.1, 0.15) is 11.6 Å². The molecule has 0 atom stereocenters. The number of likely N-dealkylation sites (tertiary alicyclic amines) is 1. The molecule has 1 aliphatic heterocycles. The van der Waals surface area contributed by atoms with Gasteiger partial charge < -0.3 is 14.6 Å². The molecule has 2 aromatic rings. The summed E-state index contributed by atoms with van der Waals surface area (Å²) in [4.78, 5) is 26.2. The Balaban J connectivity index is 1.45. The van der Waals surface area contributed by atoms with E-state index in [1.54, 1.807) is 35.4 Å². The van der Waals surface area contributed by atoms with Crippen molar-refractivity contribution in [2.45, 2.75) is 25.8 Å². The number of hydrogen-bond donors (Lipinski definition) is 1. The summed E-state index contributed by atoms with van der Waals surface area (Å²) in [5, 5.41) is 2.86. The molecule has 25 heavy (non-hydrogen) atoms. The monoisotopic (exact) mass is 344 g/mol. The lowest BCUT2D eigenvalue weighted by Gasteiger charge is -2.31. The zero-order valence-electron chi connectivity index (χ0n) is 13.9. The van der Waals surface area contributed by atoms with Crippen molar-refractivity contribution in [3.63, 3.8) is 0 Å². The van der Waals surface area contributed by atoms with E-state index in [9.17, 15) is 14.0 Å². The number of rotatable bonds is 5. The van der Waals surface area contributed by atoms with Crippen LogP contribution in [0, 0.1) is 11.7 Å². The molecule has 2 heterocycles. The number of hydrogen-bond acceptors (Lipinski definition) is 3. The van der Waals surface area contributed by atoms with Gasteiger partial charge in [-0.1, -0.05) is 18.2 Å². The molecule has 1 N–H and O–H groups in total. The molecule has 1 aliphatic rings. The van der Waals surface area contributed by atoms with Crippen LogP contribution in [0.15, 0.2) is 47.1 Å². The summed E-state index contributed by atoms with van der Waals surface area (Å²) in [7, 11) is 0. The number of amides is 2. The van der Waals surface area contributed by atoms with Gasteiger partial charge in [0.05, 0.1) is 19.2 Å². The minimum Gasteiger partial charge on any atom is -0.467 e. The Morgan fingerprint density at radius 1 is 1.16 bits per heavy atom. The van der Waals surface area contributed by atoms with Crippen LogP contribution in [-0.4, -0.2) is 29.8 Å². The van der Waals surface area contributed by atoms with Crippen molar-refractivity contribution >= 4 is 11.8 Å². The van der Waals surface area contributed by atoms with E-state index in [2.05, 4.69) is 5.32 Å². The van der Waals surface area contributed by atoms with Crippen LogP contribution in [0.1, 0.15) is 24.2 Å². The van der Waals surface area contributed by atoms with Gasteiger partial charge in [-0.3, -0.25) is 9.59 Å². The molecule has 0 spiro atoms. The number of piperidine rings is 1. The summed E-state index contributed by atoms with van der Waals surface area (Å²) in [6.45, 7) is 1.41. The number of nitrogens with one attached hydrogen (secondary N) is 1. The van der Waals surface area contributed by atoms with Gasteiger partial charge in [0, 0.05) is 19.0 Å². The first-order valence-electron chi connectivity index (χ1n) is 8.45. The van der Waals surface area contributed by atoms with E-state index in [4.69, 9.17) is 4.42 Å². The molecule has 132 valence electrons. The van der Waals surface area contributed by atoms with Crippen molar-refractivity contribution in [3.05, 3.63) is 59.8 Å². The Labute approximate surface area is 145 Å². The van der Waals surface area contributed by atoms with E-state index < -0.39 is 0 Å². The zero-order chi connectivity index (χ0) is 17.6. The molecule has 0 bridgehead atoms. The lowest BCUT2D eigenvalue weighted by atomic mass is 9.95. The smallest absolute Gasteiger partial charge is 0.227 e. The Kier molecular flexibility index (Phi) is 5.48. The molecule has 2 amide bonds. The van der Waals surface area contributed by atoms with Gasteiger partial charge in [-0.05, 0) is 36.6 Å². The summed E-state index contributed by atoms with van der Waals surface area (Å²) in [5.74, 6) is 0.138. The van der Waals surface area contributed by atoms with Crippen LogP contribution in [0.5, 0.6) is 0 Å². The maximum Gasteiger partial charge on any atom is 0.227 e. The maximum atomic E-state index is 13.7. The number of carbonyl (C=O) groups is 2. The molecular formula is C19H21FN2O3. The van der Waals surface area contributed by atoms with Crippen molar-refractivity contribution in [3.8, 4) is 0 Å². The van der Waals surface area contributed by atoms with E-state index in [1.807, 2.05) is 6.07 Å². The highest BCUT2D eigenvalue weighted by molar-refractivity contribution is 5.81. The van der Waals surface area contributed by atoms with Crippen LogP contribution in [0.2, 0.25) is 0 Å². The standard InChI is InChI=1S/C19H21FN2O3/c20-17-6-2-1-4-15(17)12-18(23)22-9-7-14(8-10-22)19(24)21-13-16-5-3-11-25-16/h1-6,11,14H,7-10,12-13H2,(H,21,24). The molecule has 0 aliphatic carbocycles. The largest absolute Gasteiger partial charge is 0.467 e. The lowest BCUT2D eigenvalue weighted by Crippen LogP contribution is -2.43. The molecule has 0 saturated carbocycles. The predicted molar refractivity (Wildman–Crippen MR) is 90.0 cm³/mol. The Morgan fingerprint density at radius 3 is 2.60 bits per heavy atom. The maximum absolute atomic E-state index is 13.7. The van der Waals surface area contributed by atoms with Crippen molar-refractivity contribution in [1.82, 2.24) is 10.2 Å². The second-order valence-corrected chi connectivity index (χ2v) is 6.22. The zero-order valence-corrected chi connectivity index (χ0v) is 13.9. The molecule has 1 aromatic carbocycles. The quantitative estimate of drug-likeness (QED) is 0.907. The molecule has 1 saturated heterocycles. The molecular weight excluding hydrogens is 323 g/mol. The summed E-state index contributed by atoms with van der Waals surface area (Å²) >= 11 is 0. The Hall–Kier alpha value is -2.63. The minimum atomic E-state index is -0.358. The van der Waals surface area contributed by atoms with Crippen LogP contribution in [0.3, 0.4) is 0 Å². The Bertz CT molecular complexity index is 722. The normalized spacial score (nSPS) is 15.2. The molecule has 5 nitrogen and oxygen atoms in total. The summed E-state index contributed by atoms with van der Waals surface area (Å²) < 4.78 is 18.8. The molecule has 6 heteroatoms. The SMILES string of the molecule is O=C(NCc1ccco1)C1CCN(C(=O)Cc2ccccc2F)CC1. The van der Waals surface area contributed by atoms with Gasteiger partial charge in [-0.15, -0.1) is 0 Å². The lowest BCUT2D eigenvalue weighted by molar-refractivity contribution is -0.135. The average Bonchev–Trinajstić information content (AvgIpc) is 3.15. The third-order valence-electron chi connectivity index (χ3n) is 4.53. The topological polar surface area (TPSA) is 62.6 Å². The van der Waals surface area contributed by atoms with E-state index in [1.165, 1.54) is 6.07 Å². The van der Waals surface area contributed by atoms with Gasteiger partial charge in [-0.2, -0.15) is 0 Å². The van der Waals surface area contributed by atoms with Crippen LogP contribution in [-0.2, 0) is 22.6 Å².